The van der Waals surface area contributed by atoms with Gasteiger partial charge in [-0.2, -0.15) is 0 Å². The predicted octanol–water partition coefficient (Wildman–Crippen LogP) is 4.46. The predicted molar refractivity (Wildman–Crippen MR) is 111 cm³/mol. The first-order chi connectivity index (χ1) is 13.2. The molecule has 0 amide bonds. The average Bonchev–Trinajstić information content (AvgIpc) is 3.16. The van der Waals surface area contributed by atoms with E-state index in [1.807, 2.05) is 31.3 Å². The number of aromatic nitrogens is 1. The van der Waals surface area contributed by atoms with Gasteiger partial charge in [0.15, 0.2) is 0 Å². The molecule has 1 unspecified atom stereocenters. The molecule has 1 saturated heterocycles. The van der Waals surface area contributed by atoms with Gasteiger partial charge in [-0.25, -0.2) is 4.98 Å². The Morgan fingerprint density at radius 1 is 1.26 bits per heavy atom. The van der Waals surface area contributed by atoms with Crippen molar-refractivity contribution in [2.45, 2.75) is 18.9 Å². The van der Waals surface area contributed by atoms with E-state index in [0.29, 0.717) is 0 Å². The Morgan fingerprint density at radius 3 is 2.81 bits per heavy atom. The van der Waals surface area contributed by atoms with Crippen molar-refractivity contribution in [2.24, 2.45) is 5.92 Å². The fourth-order valence-electron chi connectivity index (χ4n) is 3.58. The molecule has 0 radical (unpaired) electrons. The largest absolute Gasteiger partial charge is 0.388 e. The number of anilines is 1. The van der Waals surface area contributed by atoms with Gasteiger partial charge in [-0.3, -0.25) is 0 Å². The Bertz CT molecular complexity index is 963. The second-order valence-electron chi connectivity index (χ2n) is 6.83. The first-order valence-electron chi connectivity index (χ1n) is 9.18. The number of fused-ring (bicyclic) bond motifs is 1. The highest BCUT2D eigenvalue weighted by Gasteiger charge is 2.25. The van der Waals surface area contributed by atoms with E-state index in [2.05, 4.69) is 17.4 Å². The molecule has 2 aromatic heterocycles. The zero-order chi connectivity index (χ0) is 18.8. The van der Waals surface area contributed by atoms with Gasteiger partial charge < -0.3 is 20.6 Å². The molecule has 0 saturated carbocycles. The van der Waals surface area contributed by atoms with Crippen LogP contribution in [0.5, 0.6) is 0 Å². The van der Waals surface area contributed by atoms with Gasteiger partial charge in [0.1, 0.15) is 4.83 Å². The van der Waals surface area contributed by atoms with E-state index in [9.17, 15) is 5.11 Å². The fourth-order valence-corrected chi connectivity index (χ4v) is 4.69. The molecule has 6 heteroatoms. The van der Waals surface area contributed by atoms with Crippen molar-refractivity contribution < 1.29 is 9.84 Å². The van der Waals surface area contributed by atoms with Gasteiger partial charge >= 0.3 is 0 Å². The zero-order valence-corrected chi connectivity index (χ0v) is 16.1. The number of aliphatic hydroxyl groups excluding tert-OH is 1. The van der Waals surface area contributed by atoms with Crippen molar-refractivity contribution >= 4 is 33.5 Å². The topological polar surface area (TPSA) is 78.2 Å². The molecule has 0 bridgehead atoms. The van der Waals surface area contributed by atoms with Crippen LogP contribution in [0.15, 0.2) is 36.4 Å². The van der Waals surface area contributed by atoms with Gasteiger partial charge in [0.05, 0.1) is 11.8 Å². The molecule has 3 aromatic rings. The number of thiophene rings is 1. The SMILES string of the molecule is CNc1ccc(-c2ccc3cc(C(O)C4CCOCC4)sc3n2)cc1C=N. The normalized spacial score (nSPS) is 16.4. The monoisotopic (exact) mass is 381 g/mol. The van der Waals surface area contributed by atoms with Crippen molar-refractivity contribution in [3.8, 4) is 11.3 Å². The third kappa shape index (κ3) is 3.60. The minimum Gasteiger partial charge on any atom is -0.388 e. The van der Waals surface area contributed by atoms with Crippen molar-refractivity contribution in [1.29, 1.82) is 5.41 Å². The molecular weight excluding hydrogens is 358 g/mol. The molecule has 27 heavy (non-hydrogen) atoms. The summed E-state index contributed by atoms with van der Waals surface area (Å²) >= 11 is 1.57. The number of pyridine rings is 1. The van der Waals surface area contributed by atoms with Crippen LogP contribution in [0.2, 0.25) is 0 Å². The Morgan fingerprint density at radius 2 is 2.07 bits per heavy atom. The summed E-state index contributed by atoms with van der Waals surface area (Å²) in [6.45, 7) is 1.46. The van der Waals surface area contributed by atoms with E-state index < -0.39 is 6.10 Å². The molecule has 0 spiro atoms. The molecule has 1 fully saturated rings. The first-order valence-corrected chi connectivity index (χ1v) is 10.00. The molecule has 5 nitrogen and oxygen atoms in total. The van der Waals surface area contributed by atoms with Crippen LogP contribution < -0.4 is 5.32 Å². The van der Waals surface area contributed by atoms with Crippen LogP contribution in [-0.2, 0) is 4.74 Å². The van der Waals surface area contributed by atoms with Gasteiger partial charge in [-0.1, -0.05) is 6.07 Å². The van der Waals surface area contributed by atoms with Crippen LogP contribution in [0.3, 0.4) is 0 Å². The smallest absolute Gasteiger partial charge is 0.124 e. The fraction of sp³-hybridized carbons (Fsp3) is 0.333. The number of hydrogen-bond acceptors (Lipinski definition) is 6. The number of rotatable bonds is 5. The van der Waals surface area contributed by atoms with Gasteiger partial charge in [0.2, 0.25) is 0 Å². The molecule has 1 atom stereocenters. The number of aliphatic hydroxyl groups is 1. The highest BCUT2D eigenvalue weighted by Crippen LogP contribution is 2.37. The van der Waals surface area contributed by atoms with E-state index in [-0.39, 0.29) is 5.92 Å². The second-order valence-corrected chi connectivity index (χ2v) is 7.89. The quantitative estimate of drug-likeness (QED) is 0.570. The van der Waals surface area contributed by atoms with E-state index in [0.717, 1.165) is 63.7 Å². The molecular formula is C21H23N3O2S. The molecule has 1 aliphatic rings. The van der Waals surface area contributed by atoms with E-state index in [1.165, 1.54) is 6.21 Å². The molecule has 1 aliphatic heterocycles. The third-order valence-electron chi connectivity index (χ3n) is 5.18. The zero-order valence-electron chi connectivity index (χ0n) is 15.2. The van der Waals surface area contributed by atoms with Crippen LogP contribution in [0.4, 0.5) is 5.69 Å². The summed E-state index contributed by atoms with van der Waals surface area (Å²) in [6, 6.07) is 12.1. The minimum absolute atomic E-state index is 0.260. The molecule has 3 N–H and O–H groups in total. The third-order valence-corrected chi connectivity index (χ3v) is 6.29. The standard InChI is InChI=1S/C21H23N3O2S/c1-23-17-4-2-14(10-16(17)12-22)18-5-3-15-11-19(27-21(15)24-18)20(25)13-6-8-26-9-7-13/h2-5,10-13,20,22-23,25H,6-9H2,1H3. The maximum atomic E-state index is 10.8. The molecule has 140 valence electrons. The summed E-state index contributed by atoms with van der Waals surface area (Å²) in [5.74, 6) is 0.260. The summed E-state index contributed by atoms with van der Waals surface area (Å²) in [5, 5.41) is 22.5. The Hall–Kier alpha value is -2.28. The number of hydrogen-bond donors (Lipinski definition) is 3. The van der Waals surface area contributed by atoms with Crippen molar-refractivity contribution in [3.05, 3.63) is 46.8 Å². The van der Waals surface area contributed by atoms with Gasteiger partial charge in [0, 0.05) is 53.6 Å². The first kappa shape index (κ1) is 18.1. The summed E-state index contributed by atoms with van der Waals surface area (Å²) in [6.07, 6.45) is 2.70. The van der Waals surface area contributed by atoms with Gasteiger partial charge in [-0.05, 0) is 49.1 Å². The van der Waals surface area contributed by atoms with Crippen molar-refractivity contribution in [3.63, 3.8) is 0 Å². The summed E-state index contributed by atoms with van der Waals surface area (Å²) < 4.78 is 5.40. The lowest BCUT2D eigenvalue weighted by Gasteiger charge is -2.25. The summed E-state index contributed by atoms with van der Waals surface area (Å²) in [5.41, 5.74) is 3.61. The molecule has 1 aromatic carbocycles. The van der Waals surface area contributed by atoms with Crippen molar-refractivity contribution in [2.75, 3.05) is 25.6 Å². The van der Waals surface area contributed by atoms with Gasteiger partial charge in [-0.15, -0.1) is 11.3 Å². The Labute approximate surface area is 162 Å². The maximum Gasteiger partial charge on any atom is 0.124 e. The molecule has 3 heterocycles. The molecule has 4 rings (SSSR count). The van der Waals surface area contributed by atoms with Crippen LogP contribution in [-0.4, -0.2) is 36.6 Å². The van der Waals surface area contributed by atoms with Crippen LogP contribution in [0.25, 0.3) is 21.5 Å². The lowest BCUT2D eigenvalue weighted by molar-refractivity contribution is 0.00856. The van der Waals surface area contributed by atoms with E-state index in [4.69, 9.17) is 15.1 Å². The lowest BCUT2D eigenvalue weighted by atomic mass is 9.93. The Balaban J connectivity index is 1.65. The highest BCUT2D eigenvalue weighted by molar-refractivity contribution is 7.18. The van der Waals surface area contributed by atoms with Gasteiger partial charge in [0.25, 0.3) is 0 Å². The Kier molecular flexibility index (Phi) is 5.20. The molecule has 0 aliphatic carbocycles. The van der Waals surface area contributed by atoms with E-state index in [1.54, 1.807) is 11.3 Å². The van der Waals surface area contributed by atoms with Crippen LogP contribution in [0.1, 0.15) is 29.4 Å². The average molecular weight is 382 g/mol. The van der Waals surface area contributed by atoms with E-state index >= 15 is 0 Å². The maximum absolute atomic E-state index is 10.8. The second kappa shape index (κ2) is 7.76. The summed E-state index contributed by atoms with van der Waals surface area (Å²) in [4.78, 5) is 6.72. The number of ether oxygens (including phenoxy) is 1. The summed E-state index contributed by atoms with van der Waals surface area (Å²) in [7, 11) is 1.85. The lowest BCUT2D eigenvalue weighted by Crippen LogP contribution is -2.21. The number of nitrogens with one attached hydrogen (secondary N) is 2. The van der Waals surface area contributed by atoms with Crippen LogP contribution in [0, 0.1) is 11.3 Å². The highest BCUT2D eigenvalue weighted by atomic mass is 32.1. The minimum atomic E-state index is -0.448. The number of nitrogens with zero attached hydrogens (tertiary/aromatic N) is 1. The number of benzene rings is 1. The van der Waals surface area contributed by atoms with Crippen molar-refractivity contribution in [1.82, 2.24) is 4.98 Å². The van der Waals surface area contributed by atoms with Crippen LogP contribution >= 0.6 is 11.3 Å².